The van der Waals surface area contributed by atoms with E-state index in [4.69, 9.17) is 5.26 Å². The summed E-state index contributed by atoms with van der Waals surface area (Å²) in [5.74, 6) is 0. The van der Waals surface area contributed by atoms with Gasteiger partial charge in [-0.1, -0.05) is 34.1 Å². The first-order chi connectivity index (χ1) is 8.69. The molecule has 0 spiro atoms. The van der Waals surface area contributed by atoms with Gasteiger partial charge in [0, 0.05) is 16.7 Å². The van der Waals surface area contributed by atoms with E-state index in [0.29, 0.717) is 6.54 Å². The highest BCUT2D eigenvalue weighted by molar-refractivity contribution is 9.10. The first-order valence-corrected chi connectivity index (χ1v) is 6.47. The van der Waals surface area contributed by atoms with E-state index < -0.39 is 0 Å². The predicted molar refractivity (Wildman–Crippen MR) is 77.4 cm³/mol. The van der Waals surface area contributed by atoms with Crippen LogP contribution in [0.3, 0.4) is 0 Å². The first kappa shape index (κ1) is 12.7. The fourth-order valence-electron chi connectivity index (χ4n) is 1.82. The van der Waals surface area contributed by atoms with Gasteiger partial charge in [0.1, 0.15) is 0 Å². The van der Waals surface area contributed by atoms with E-state index in [9.17, 15) is 0 Å². The van der Waals surface area contributed by atoms with Gasteiger partial charge < -0.3 is 5.32 Å². The molecule has 0 aliphatic rings. The standard InChI is InChI=1S/C15H13BrN2/c1-11-6-14(16)8-15(7-11)18-10-13-5-3-2-4-12(13)9-17/h2-8,18H,10H2,1H3. The summed E-state index contributed by atoms with van der Waals surface area (Å²) in [7, 11) is 0. The molecular weight excluding hydrogens is 288 g/mol. The topological polar surface area (TPSA) is 35.8 Å². The highest BCUT2D eigenvalue weighted by Crippen LogP contribution is 2.20. The minimum absolute atomic E-state index is 0.652. The van der Waals surface area contributed by atoms with Crippen LogP contribution >= 0.6 is 15.9 Å². The molecule has 3 heteroatoms. The van der Waals surface area contributed by atoms with Gasteiger partial charge in [-0.15, -0.1) is 0 Å². The Labute approximate surface area is 115 Å². The molecule has 90 valence electrons. The maximum atomic E-state index is 9.02. The normalized spacial score (nSPS) is 9.83. The zero-order valence-corrected chi connectivity index (χ0v) is 11.7. The zero-order valence-electron chi connectivity index (χ0n) is 10.1. The number of hydrogen-bond donors (Lipinski definition) is 1. The largest absolute Gasteiger partial charge is 0.381 e. The molecular formula is C15H13BrN2. The van der Waals surface area contributed by atoms with Crippen molar-refractivity contribution in [2.45, 2.75) is 13.5 Å². The highest BCUT2D eigenvalue weighted by atomic mass is 79.9. The van der Waals surface area contributed by atoms with Gasteiger partial charge in [-0.25, -0.2) is 0 Å². The molecule has 2 nitrogen and oxygen atoms in total. The quantitative estimate of drug-likeness (QED) is 0.920. The molecule has 2 aromatic rings. The van der Waals surface area contributed by atoms with Crippen molar-refractivity contribution >= 4 is 21.6 Å². The smallest absolute Gasteiger partial charge is 0.0995 e. The van der Waals surface area contributed by atoms with Crippen molar-refractivity contribution < 1.29 is 0 Å². The number of nitrogens with one attached hydrogen (secondary N) is 1. The van der Waals surface area contributed by atoms with Gasteiger partial charge >= 0.3 is 0 Å². The van der Waals surface area contributed by atoms with E-state index in [-0.39, 0.29) is 0 Å². The Bertz CT molecular complexity index is 579. The summed E-state index contributed by atoms with van der Waals surface area (Å²) in [5, 5.41) is 12.4. The van der Waals surface area contributed by atoms with Gasteiger partial charge in [-0.05, 0) is 42.3 Å². The lowest BCUT2D eigenvalue weighted by molar-refractivity contribution is 1.13. The number of nitriles is 1. The third kappa shape index (κ3) is 3.12. The number of rotatable bonds is 3. The molecule has 0 atom stereocenters. The van der Waals surface area contributed by atoms with Crippen LogP contribution in [0, 0.1) is 18.3 Å². The molecule has 0 aromatic heterocycles. The Hall–Kier alpha value is -1.79. The maximum Gasteiger partial charge on any atom is 0.0995 e. The lowest BCUT2D eigenvalue weighted by Crippen LogP contribution is -2.01. The van der Waals surface area contributed by atoms with Crippen LogP contribution in [0.2, 0.25) is 0 Å². The van der Waals surface area contributed by atoms with Crippen LogP contribution in [0.1, 0.15) is 16.7 Å². The summed E-state index contributed by atoms with van der Waals surface area (Å²) in [6.45, 7) is 2.71. The van der Waals surface area contributed by atoms with Gasteiger partial charge in [0.15, 0.2) is 0 Å². The average Bonchev–Trinajstić information content (AvgIpc) is 2.35. The van der Waals surface area contributed by atoms with Crippen LogP contribution in [-0.2, 0) is 6.54 Å². The molecule has 0 saturated heterocycles. The van der Waals surface area contributed by atoms with Crippen LogP contribution < -0.4 is 5.32 Å². The molecule has 0 heterocycles. The van der Waals surface area contributed by atoms with Gasteiger partial charge in [0.25, 0.3) is 0 Å². The zero-order chi connectivity index (χ0) is 13.0. The van der Waals surface area contributed by atoms with E-state index >= 15 is 0 Å². The minimum atomic E-state index is 0.652. The highest BCUT2D eigenvalue weighted by Gasteiger charge is 2.01. The average molecular weight is 301 g/mol. The number of halogens is 1. The summed E-state index contributed by atoms with van der Waals surface area (Å²) in [4.78, 5) is 0. The van der Waals surface area contributed by atoms with Gasteiger partial charge in [0.05, 0.1) is 11.6 Å². The lowest BCUT2D eigenvalue weighted by Gasteiger charge is -2.09. The molecule has 2 rings (SSSR count). The van der Waals surface area contributed by atoms with Crippen molar-refractivity contribution in [1.82, 2.24) is 0 Å². The molecule has 1 N–H and O–H groups in total. The molecule has 0 aliphatic carbocycles. The summed E-state index contributed by atoms with van der Waals surface area (Å²) in [5.41, 5.74) is 3.98. The lowest BCUT2D eigenvalue weighted by atomic mass is 10.1. The Morgan fingerprint density at radius 1 is 1.22 bits per heavy atom. The molecule has 0 saturated carbocycles. The number of aryl methyl sites for hydroxylation is 1. The Balaban J connectivity index is 2.14. The SMILES string of the molecule is Cc1cc(Br)cc(NCc2ccccc2C#N)c1. The number of anilines is 1. The number of hydrogen-bond acceptors (Lipinski definition) is 2. The monoisotopic (exact) mass is 300 g/mol. The fraction of sp³-hybridized carbons (Fsp3) is 0.133. The second-order valence-electron chi connectivity index (χ2n) is 4.14. The number of nitrogens with zero attached hydrogens (tertiary/aromatic N) is 1. The van der Waals surface area contributed by atoms with Crippen LogP contribution in [0.15, 0.2) is 46.9 Å². The van der Waals surface area contributed by atoms with Crippen LogP contribution in [-0.4, -0.2) is 0 Å². The van der Waals surface area contributed by atoms with E-state index in [2.05, 4.69) is 46.4 Å². The molecule has 0 amide bonds. The van der Waals surface area contributed by atoms with Crippen LogP contribution in [0.5, 0.6) is 0 Å². The van der Waals surface area contributed by atoms with E-state index in [1.807, 2.05) is 30.3 Å². The number of benzene rings is 2. The Kier molecular flexibility index (Phi) is 4.01. The molecule has 0 aliphatic heterocycles. The second kappa shape index (κ2) is 5.70. The van der Waals surface area contributed by atoms with E-state index in [1.165, 1.54) is 5.56 Å². The van der Waals surface area contributed by atoms with Crippen molar-refractivity contribution in [2.75, 3.05) is 5.32 Å². The van der Waals surface area contributed by atoms with E-state index in [1.54, 1.807) is 0 Å². The van der Waals surface area contributed by atoms with E-state index in [0.717, 1.165) is 21.3 Å². The van der Waals surface area contributed by atoms with Crippen molar-refractivity contribution in [2.24, 2.45) is 0 Å². The maximum absolute atomic E-state index is 9.02. The van der Waals surface area contributed by atoms with Gasteiger partial charge in [0.2, 0.25) is 0 Å². The molecule has 0 bridgehead atoms. The molecule has 0 fully saturated rings. The summed E-state index contributed by atoms with van der Waals surface area (Å²) >= 11 is 3.47. The Morgan fingerprint density at radius 3 is 2.72 bits per heavy atom. The second-order valence-corrected chi connectivity index (χ2v) is 5.06. The molecule has 18 heavy (non-hydrogen) atoms. The first-order valence-electron chi connectivity index (χ1n) is 5.68. The predicted octanol–water partition coefficient (Wildman–Crippen LogP) is 4.24. The molecule has 0 unspecified atom stereocenters. The molecule has 0 radical (unpaired) electrons. The van der Waals surface area contributed by atoms with Gasteiger partial charge in [-0.2, -0.15) is 5.26 Å². The van der Waals surface area contributed by atoms with Crippen LogP contribution in [0.4, 0.5) is 5.69 Å². The van der Waals surface area contributed by atoms with Crippen molar-refractivity contribution in [1.29, 1.82) is 5.26 Å². The van der Waals surface area contributed by atoms with Gasteiger partial charge in [-0.3, -0.25) is 0 Å². The van der Waals surface area contributed by atoms with Crippen molar-refractivity contribution in [3.63, 3.8) is 0 Å². The minimum Gasteiger partial charge on any atom is -0.381 e. The fourth-order valence-corrected chi connectivity index (χ4v) is 2.43. The van der Waals surface area contributed by atoms with Crippen molar-refractivity contribution in [3.05, 3.63) is 63.6 Å². The third-order valence-electron chi connectivity index (χ3n) is 2.66. The molecule has 2 aromatic carbocycles. The summed E-state index contributed by atoms with van der Waals surface area (Å²) in [6.07, 6.45) is 0. The summed E-state index contributed by atoms with van der Waals surface area (Å²) < 4.78 is 1.05. The Morgan fingerprint density at radius 2 is 2.00 bits per heavy atom. The van der Waals surface area contributed by atoms with Crippen LogP contribution in [0.25, 0.3) is 0 Å². The summed E-state index contributed by atoms with van der Waals surface area (Å²) in [6, 6.07) is 16.0. The van der Waals surface area contributed by atoms with Crippen molar-refractivity contribution in [3.8, 4) is 6.07 Å². The third-order valence-corrected chi connectivity index (χ3v) is 3.12.